The highest BCUT2D eigenvalue weighted by molar-refractivity contribution is 6.31. The van der Waals surface area contributed by atoms with Crippen LogP contribution in [-0.2, 0) is 19.6 Å². The highest BCUT2D eigenvalue weighted by Gasteiger charge is 2.08. The summed E-state index contributed by atoms with van der Waals surface area (Å²) in [4.78, 5) is 4.08. The molecule has 2 heterocycles. The number of hydrogen-bond donors (Lipinski definition) is 1. The Bertz CT molecular complexity index is 715. The van der Waals surface area contributed by atoms with Crippen LogP contribution in [0.1, 0.15) is 12.5 Å². The Morgan fingerprint density at radius 2 is 2.19 bits per heavy atom. The maximum Gasteiger partial charge on any atom is 0.0946 e. The molecule has 0 aliphatic rings. The van der Waals surface area contributed by atoms with E-state index in [-0.39, 0.29) is 0 Å². The van der Waals surface area contributed by atoms with Crippen molar-refractivity contribution in [1.29, 1.82) is 0 Å². The van der Waals surface area contributed by atoms with Crippen molar-refractivity contribution in [3.05, 3.63) is 53.7 Å². The topological polar surface area (TPSA) is 34.8 Å². The van der Waals surface area contributed by atoms with Gasteiger partial charge in [-0.05, 0) is 24.2 Å². The highest BCUT2D eigenvalue weighted by atomic mass is 35.5. The second kappa shape index (κ2) is 6.33. The first-order valence-corrected chi connectivity index (χ1v) is 7.59. The van der Waals surface area contributed by atoms with Crippen molar-refractivity contribution < 1.29 is 0 Å². The number of rotatable bonds is 6. The minimum absolute atomic E-state index is 0.777. The Kier molecular flexibility index (Phi) is 4.27. The van der Waals surface area contributed by atoms with Crippen LogP contribution < -0.4 is 5.32 Å². The maximum absolute atomic E-state index is 6.16. The predicted molar refractivity (Wildman–Crippen MR) is 86.6 cm³/mol. The van der Waals surface area contributed by atoms with Crippen LogP contribution in [0.3, 0.4) is 0 Å². The molecule has 3 aromatic rings. The van der Waals surface area contributed by atoms with Gasteiger partial charge in [-0.2, -0.15) is 0 Å². The molecule has 0 amide bonds. The van der Waals surface area contributed by atoms with Gasteiger partial charge in [0.25, 0.3) is 0 Å². The zero-order valence-electron chi connectivity index (χ0n) is 12.1. The standard InChI is InChI=1S/C16H19ClN4/c1-2-18-10-13-11-21(8-7-20-6-5-19-12-20)16-9-14(17)3-4-15(13)16/h3-6,9,11-12,18H,2,7-8,10H2,1H3. The average molecular weight is 303 g/mol. The SMILES string of the molecule is CCNCc1cn(CCn2ccnc2)c2cc(Cl)ccc12. The molecule has 0 radical (unpaired) electrons. The summed E-state index contributed by atoms with van der Waals surface area (Å²) in [6.07, 6.45) is 7.86. The van der Waals surface area contributed by atoms with Crippen molar-refractivity contribution in [3.63, 3.8) is 0 Å². The van der Waals surface area contributed by atoms with Crippen molar-refractivity contribution in [1.82, 2.24) is 19.4 Å². The first-order valence-electron chi connectivity index (χ1n) is 7.21. The van der Waals surface area contributed by atoms with E-state index in [4.69, 9.17) is 11.6 Å². The van der Waals surface area contributed by atoms with Gasteiger partial charge in [0.15, 0.2) is 0 Å². The van der Waals surface area contributed by atoms with Gasteiger partial charge in [-0.3, -0.25) is 0 Å². The van der Waals surface area contributed by atoms with E-state index >= 15 is 0 Å². The van der Waals surface area contributed by atoms with Gasteiger partial charge in [0.05, 0.1) is 6.33 Å². The van der Waals surface area contributed by atoms with Crippen molar-refractivity contribution in [2.45, 2.75) is 26.6 Å². The number of aryl methyl sites for hydroxylation is 2. The average Bonchev–Trinajstić information content (AvgIpc) is 3.10. The molecule has 0 atom stereocenters. The van der Waals surface area contributed by atoms with E-state index in [2.05, 4.69) is 38.6 Å². The third-order valence-corrected chi connectivity index (χ3v) is 3.89. The molecule has 3 rings (SSSR count). The first-order chi connectivity index (χ1) is 10.3. The fourth-order valence-electron chi connectivity index (χ4n) is 2.57. The molecule has 21 heavy (non-hydrogen) atoms. The minimum atomic E-state index is 0.777. The van der Waals surface area contributed by atoms with Gasteiger partial charge in [0.2, 0.25) is 0 Å². The molecule has 1 N–H and O–H groups in total. The molecule has 4 nitrogen and oxygen atoms in total. The number of halogens is 1. The second-order valence-electron chi connectivity index (χ2n) is 5.09. The number of aromatic nitrogens is 3. The summed E-state index contributed by atoms with van der Waals surface area (Å²) >= 11 is 6.16. The monoisotopic (exact) mass is 302 g/mol. The number of nitrogens with one attached hydrogen (secondary N) is 1. The van der Waals surface area contributed by atoms with Crippen molar-refractivity contribution >= 4 is 22.5 Å². The van der Waals surface area contributed by atoms with Crippen LogP contribution >= 0.6 is 11.6 Å². The Morgan fingerprint density at radius 1 is 1.29 bits per heavy atom. The zero-order chi connectivity index (χ0) is 14.7. The van der Waals surface area contributed by atoms with E-state index in [1.165, 1.54) is 16.5 Å². The fraction of sp³-hybridized carbons (Fsp3) is 0.312. The normalized spacial score (nSPS) is 11.3. The molecule has 5 heteroatoms. The van der Waals surface area contributed by atoms with Gasteiger partial charge < -0.3 is 14.5 Å². The van der Waals surface area contributed by atoms with Crippen LogP contribution in [0.25, 0.3) is 10.9 Å². The molecule has 2 aromatic heterocycles. The van der Waals surface area contributed by atoms with E-state index in [0.717, 1.165) is 31.2 Å². The lowest BCUT2D eigenvalue weighted by molar-refractivity contribution is 0.589. The summed E-state index contributed by atoms with van der Waals surface area (Å²) < 4.78 is 4.36. The Balaban J connectivity index is 1.90. The molecule has 0 saturated heterocycles. The van der Waals surface area contributed by atoms with E-state index < -0.39 is 0 Å². The predicted octanol–water partition coefficient (Wildman–Crippen LogP) is 3.30. The van der Waals surface area contributed by atoms with Gasteiger partial charge in [-0.15, -0.1) is 0 Å². The van der Waals surface area contributed by atoms with Crippen molar-refractivity contribution in [2.75, 3.05) is 6.54 Å². The van der Waals surface area contributed by atoms with Gasteiger partial charge in [0.1, 0.15) is 0 Å². The molecular formula is C16H19ClN4. The molecule has 110 valence electrons. The molecule has 0 saturated carbocycles. The molecule has 0 spiro atoms. The summed E-state index contributed by atoms with van der Waals surface area (Å²) in [6, 6.07) is 6.11. The number of benzene rings is 1. The largest absolute Gasteiger partial charge is 0.345 e. The quantitative estimate of drug-likeness (QED) is 0.758. The molecule has 1 aromatic carbocycles. The van der Waals surface area contributed by atoms with E-state index in [9.17, 15) is 0 Å². The van der Waals surface area contributed by atoms with Crippen LogP contribution in [0.15, 0.2) is 43.1 Å². The third-order valence-electron chi connectivity index (χ3n) is 3.65. The molecule has 0 bridgehead atoms. The molecule has 0 aliphatic heterocycles. The maximum atomic E-state index is 6.16. The lowest BCUT2D eigenvalue weighted by Gasteiger charge is -2.06. The highest BCUT2D eigenvalue weighted by Crippen LogP contribution is 2.25. The van der Waals surface area contributed by atoms with Crippen molar-refractivity contribution in [2.24, 2.45) is 0 Å². The lowest BCUT2D eigenvalue weighted by Crippen LogP contribution is -2.11. The summed E-state index contributed by atoms with van der Waals surface area (Å²) in [6.45, 7) is 5.77. The lowest BCUT2D eigenvalue weighted by atomic mass is 10.2. The summed E-state index contributed by atoms with van der Waals surface area (Å²) in [5.41, 5.74) is 2.50. The van der Waals surface area contributed by atoms with Crippen LogP contribution in [0.5, 0.6) is 0 Å². The molecule has 0 unspecified atom stereocenters. The first kappa shape index (κ1) is 14.2. The summed E-state index contributed by atoms with van der Waals surface area (Å²) in [7, 11) is 0. The van der Waals surface area contributed by atoms with Crippen molar-refractivity contribution in [3.8, 4) is 0 Å². The number of hydrogen-bond acceptors (Lipinski definition) is 2. The molecular weight excluding hydrogens is 284 g/mol. The Morgan fingerprint density at radius 3 is 2.95 bits per heavy atom. The van der Waals surface area contributed by atoms with Gasteiger partial charge in [0, 0.05) is 54.2 Å². The Labute approximate surface area is 129 Å². The van der Waals surface area contributed by atoms with Gasteiger partial charge in [-0.25, -0.2) is 4.98 Å². The fourth-order valence-corrected chi connectivity index (χ4v) is 2.74. The Hall–Kier alpha value is -1.78. The molecule has 0 aliphatic carbocycles. The van der Waals surface area contributed by atoms with E-state index in [0.29, 0.717) is 0 Å². The summed E-state index contributed by atoms with van der Waals surface area (Å²) in [5, 5.41) is 5.44. The smallest absolute Gasteiger partial charge is 0.0946 e. The second-order valence-corrected chi connectivity index (χ2v) is 5.53. The van der Waals surface area contributed by atoms with Crippen LogP contribution in [0.2, 0.25) is 5.02 Å². The molecule has 0 fully saturated rings. The number of imidazole rings is 1. The number of nitrogens with zero attached hydrogens (tertiary/aromatic N) is 3. The van der Waals surface area contributed by atoms with Crippen LogP contribution in [0, 0.1) is 0 Å². The van der Waals surface area contributed by atoms with Crippen LogP contribution in [0.4, 0.5) is 0 Å². The number of fused-ring (bicyclic) bond motifs is 1. The minimum Gasteiger partial charge on any atom is -0.345 e. The zero-order valence-corrected chi connectivity index (χ0v) is 12.8. The van der Waals surface area contributed by atoms with Crippen LogP contribution in [-0.4, -0.2) is 20.7 Å². The third kappa shape index (κ3) is 3.12. The van der Waals surface area contributed by atoms with E-state index in [1.807, 2.05) is 24.7 Å². The van der Waals surface area contributed by atoms with Gasteiger partial charge >= 0.3 is 0 Å². The van der Waals surface area contributed by atoms with E-state index in [1.54, 1.807) is 6.20 Å². The van der Waals surface area contributed by atoms with Gasteiger partial charge in [-0.1, -0.05) is 24.6 Å². The summed E-state index contributed by atoms with van der Waals surface area (Å²) in [5.74, 6) is 0.